The Morgan fingerprint density at radius 3 is 2.86 bits per heavy atom. The molecule has 2 aliphatic rings. The molecule has 1 aromatic rings. The van der Waals surface area contributed by atoms with Crippen molar-refractivity contribution < 1.29 is 4.74 Å². The minimum absolute atomic E-state index is 0.338. The smallest absolute Gasteiger partial charge is 0.191 e. The molecular weight excluding hydrogens is 330 g/mol. The Morgan fingerprint density at radius 2 is 2.19 bits per heavy atom. The number of hydrogen-bond acceptors (Lipinski definition) is 2. The van der Waals surface area contributed by atoms with Gasteiger partial charge in [0, 0.05) is 36.6 Å². The molecule has 3 unspecified atom stereocenters. The minimum Gasteiger partial charge on any atom is -0.376 e. The Kier molecular flexibility index (Phi) is 4.80. The number of halogens is 1. The number of rotatable bonds is 4. The van der Waals surface area contributed by atoms with Gasteiger partial charge in [0.15, 0.2) is 5.96 Å². The first-order valence-corrected chi connectivity index (χ1v) is 8.40. The summed E-state index contributed by atoms with van der Waals surface area (Å²) >= 11 is 3.48. The molecule has 21 heavy (non-hydrogen) atoms. The molecule has 0 bridgehead atoms. The fourth-order valence-corrected chi connectivity index (χ4v) is 3.08. The highest BCUT2D eigenvalue weighted by molar-refractivity contribution is 9.10. The second-order valence-corrected chi connectivity index (χ2v) is 6.65. The maximum atomic E-state index is 5.62. The van der Waals surface area contributed by atoms with E-state index in [1.165, 1.54) is 18.4 Å². The lowest BCUT2D eigenvalue weighted by Crippen LogP contribution is -2.42. The Balaban J connectivity index is 1.46. The molecular formula is C16H22BrN3O. The first-order chi connectivity index (χ1) is 10.3. The van der Waals surface area contributed by atoms with Crippen LogP contribution in [0.2, 0.25) is 0 Å². The maximum Gasteiger partial charge on any atom is 0.191 e. The zero-order valence-corrected chi connectivity index (χ0v) is 13.9. The minimum atomic E-state index is 0.338. The molecule has 3 atom stereocenters. The fourth-order valence-electron chi connectivity index (χ4n) is 2.82. The van der Waals surface area contributed by atoms with Crippen LogP contribution in [0.3, 0.4) is 0 Å². The van der Waals surface area contributed by atoms with Crippen LogP contribution in [0.4, 0.5) is 0 Å². The summed E-state index contributed by atoms with van der Waals surface area (Å²) in [6, 6.07) is 9.09. The Bertz CT molecular complexity index is 497. The largest absolute Gasteiger partial charge is 0.376 e. The Morgan fingerprint density at radius 1 is 1.38 bits per heavy atom. The van der Waals surface area contributed by atoms with Crippen molar-refractivity contribution in [2.75, 3.05) is 20.2 Å². The van der Waals surface area contributed by atoms with Crippen molar-refractivity contribution in [3.8, 4) is 0 Å². The van der Waals surface area contributed by atoms with Crippen LogP contribution in [0.15, 0.2) is 33.7 Å². The lowest BCUT2D eigenvalue weighted by molar-refractivity contribution is 0.114. The number of ether oxygens (including phenoxy) is 1. The molecule has 1 heterocycles. The van der Waals surface area contributed by atoms with Crippen LogP contribution < -0.4 is 10.6 Å². The molecule has 4 nitrogen and oxygen atoms in total. The van der Waals surface area contributed by atoms with E-state index in [1.54, 1.807) is 0 Å². The van der Waals surface area contributed by atoms with Crippen molar-refractivity contribution >= 4 is 21.9 Å². The van der Waals surface area contributed by atoms with E-state index in [9.17, 15) is 0 Å². The summed E-state index contributed by atoms with van der Waals surface area (Å²) in [5.74, 6) is 1.48. The molecule has 1 aromatic carbocycles. The molecule has 0 radical (unpaired) electrons. The number of aliphatic imine (C=N–C) groups is 1. The number of benzene rings is 1. The van der Waals surface area contributed by atoms with Crippen molar-refractivity contribution in [1.29, 1.82) is 0 Å². The number of nitrogens with zero attached hydrogens (tertiary/aromatic N) is 1. The van der Waals surface area contributed by atoms with Gasteiger partial charge in [-0.1, -0.05) is 28.1 Å². The van der Waals surface area contributed by atoms with Crippen LogP contribution in [0, 0.1) is 0 Å². The summed E-state index contributed by atoms with van der Waals surface area (Å²) in [7, 11) is 1.82. The predicted molar refractivity (Wildman–Crippen MR) is 88.8 cm³/mol. The molecule has 0 spiro atoms. The molecule has 1 aliphatic carbocycles. The number of hydrogen-bond donors (Lipinski definition) is 2. The molecule has 1 saturated heterocycles. The van der Waals surface area contributed by atoms with E-state index in [2.05, 4.69) is 55.8 Å². The van der Waals surface area contributed by atoms with E-state index in [1.807, 2.05) is 7.05 Å². The van der Waals surface area contributed by atoms with Gasteiger partial charge in [-0.15, -0.1) is 0 Å². The average molecular weight is 352 g/mol. The third-order valence-corrected chi connectivity index (χ3v) is 4.68. The van der Waals surface area contributed by atoms with E-state index < -0.39 is 0 Å². The summed E-state index contributed by atoms with van der Waals surface area (Å²) in [4.78, 5) is 4.30. The summed E-state index contributed by atoms with van der Waals surface area (Å²) in [5.41, 5.74) is 1.39. The van der Waals surface area contributed by atoms with Crippen molar-refractivity contribution in [1.82, 2.24) is 10.6 Å². The second-order valence-electron chi connectivity index (χ2n) is 5.73. The van der Waals surface area contributed by atoms with Crippen molar-refractivity contribution in [2.45, 2.75) is 37.3 Å². The number of nitrogens with one attached hydrogen (secondary N) is 2. The molecule has 5 heteroatoms. The molecule has 0 aromatic heterocycles. The van der Waals surface area contributed by atoms with Crippen molar-refractivity contribution in [3.63, 3.8) is 0 Å². The van der Waals surface area contributed by atoms with Gasteiger partial charge in [0.2, 0.25) is 0 Å². The van der Waals surface area contributed by atoms with Gasteiger partial charge in [-0.05, 0) is 37.0 Å². The Hall–Kier alpha value is -1.07. The molecule has 1 saturated carbocycles. The first kappa shape index (κ1) is 14.9. The molecule has 114 valence electrons. The normalized spacial score (nSPS) is 28.5. The Labute approximate surface area is 134 Å². The topological polar surface area (TPSA) is 45.7 Å². The van der Waals surface area contributed by atoms with Gasteiger partial charge >= 0.3 is 0 Å². The van der Waals surface area contributed by atoms with Crippen molar-refractivity contribution in [2.24, 2.45) is 4.99 Å². The average Bonchev–Trinajstić information content (AvgIpc) is 3.06. The molecule has 2 fully saturated rings. The standard InChI is InChI=1S/C16H22BrN3O/c1-18-16(19-10-13-3-2-8-21-13)20-15-9-14(15)11-4-6-12(17)7-5-11/h4-7,13-15H,2-3,8-10H2,1H3,(H2,18,19,20). The fraction of sp³-hybridized carbons (Fsp3) is 0.562. The predicted octanol–water partition coefficient (Wildman–Crippen LogP) is 2.65. The van der Waals surface area contributed by atoms with Crippen LogP contribution in [-0.4, -0.2) is 38.3 Å². The molecule has 2 N–H and O–H groups in total. The lowest BCUT2D eigenvalue weighted by atomic mass is 10.1. The van der Waals surface area contributed by atoms with Crippen LogP contribution in [0.5, 0.6) is 0 Å². The van der Waals surface area contributed by atoms with Crippen LogP contribution in [0.1, 0.15) is 30.7 Å². The summed E-state index contributed by atoms with van der Waals surface area (Å²) < 4.78 is 6.75. The van der Waals surface area contributed by atoms with Gasteiger partial charge in [-0.2, -0.15) is 0 Å². The van der Waals surface area contributed by atoms with E-state index in [0.717, 1.165) is 30.0 Å². The SMILES string of the molecule is CN=C(NCC1CCCO1)NC1CC1c1ccc(Br)cc1. The van der Waals surface area contributed by atoms with Gasteiger partial charge in [-0.3, -0.25) is 4.99 Å². The third kappa shape index (κ3) is 3.98. The first-order valence-electron chi connectivity index (χ1n) is 7.60. The highest BCUT2D eigenvalue weighted by atomic mass is 79.9. The van der Waals surface area contributed by atoms with Gasteiger partial charge in [0.25, 0.3) is 0 Å². The van der Waals surface area contributed by atoms with E-state index in [4.69, 9.17) is 4.74 Å². The van der Waals surface area contributed by atoms with Crippen molar-refractivity contribution in [3.05, 3.63) is 34.3 Å². The lowest BCUT2D eigenvalue weighted by Gasteiger charge is -2.15. The van der Waals surface area contributed by atoms with Crippen LogP contribution >= 0.6 is 15.9 Å². The van der Waals surface area contributed by atoms with Crippen LogP contribution in [0.25, 0.3) is 0 Å². The maximum absolute atomic E-state index is 5.62. The van der Waals surface area contributed by atoms with E-state index in [-0.39, 0.29) is 0 Å². The second kappa shape index (κ2) is 6.79. The summed E-state index contributed by atoms with van der Waals surface area (Å²) in [6.07, 6.45) is 3.83. The van der Waals surface area contributed by atoms with Gasteiger partial charge < -0.3 is 15.4 Å². The molecule has 3 rings (SSSR count). The number of guanidine groups is 1. The summed E-state index contributed by atoms with van der Waals surface area (Å²) in [6.45, 7) is 1.74. The molecule has 1 aliphatic heterocycles. The van der Waals surface area contributed by atoms with E-state index in [0.29, 0.717) is 18.1 Å². The highest BCUT2D eigenvalue weighted by Crippen LogP contribution is 2.40. The third-order valence-electron chi connectivity index (χ3n) is 4.16. The zero-order chi connectivity index (χ0) is 14.7. The highest BCUT2D eigenvalue weighted by Gasteiger charge is 2.39. The van der Waals surface area contributed by atoms with Gasteiger partial charge in [0.1, 0.15) is 0 Å². The quantitative estimate of drug-likeness (QED) is 0.647. The van der Waals surface area contributed by atoms with E-state index >= 15 is 0 Å². The van der Waals surface area contributed by atoms with Gasteiger partial charge in [-0.25, -0.2) is 0 Å². The molecule has 0 amide bonds. The monoisotopic (exact) mass is 351 g/mol. The summed E-state index contributed by atoms with van der Waals surface area (Å²) in [5, 5.41) is 6.87. The zero-order valence-electron chi connectivity index (χ0n) is 12.3. The van der Waals surface area contributed by atoms with Gasteiger partial charge in [0.05, 0.1) is 6.10 Å². The van der Waals surface area contributed by atoms with Crippen LogP contribution in [-0.2, 0) is 4.74 Å².